The largest absolute Gasteiger partial charge is 0.502 e. The van der Waals surface area contributed by atoms with Gasteiger partial charge in [-0.15, -0.1) is 0 Å². The maximum Gasteiger partial charge on any atom is 0.278 e. The molecule has 1 aromatic heterocycles. The highest BCUT2D eigenvalue weighted by molar-refractivity contribution is 5.96. The fraction of sp³-hybridized carbons (Fsp3) is 0.400. The van der Waals surface area contributed by atoms with Gasteiger partial charge in [0, 0.05) is 47.6 Å². The number of piperidine rings is 1. The van der Waals surface area contributed by atoms with Crippen LogP contribution in [0.4, 0.5) is 14.5 Å². The van der Waals surface area contributed by atoms with E-state index in [4.69, 9.17) is 9.47 Å². The third-order valence-corrected chi connectivity index (χ3v) is 9.47. The summed E-state index contributed by atoms with van der Waals surface area (Å²) in [5.41, 5.74) is 1.53. The lowest BCUT2D eigenvalue weighted by atomic mass is 9.74. The molecule has 5 aliphatic rings. The van der Waals surface area contributed by atoms with Crippen molar-refractivity contribution in [1.29, 1.82) is 0 Å². The van der Waals surface area contributed by atoms with Gasteiger partial charge >= 0.3 is 0 Å². The number of morpholine rings is 1. The summed E-state index contributed by atoms with van der Waals surface area (Å²) >= 11 is 0. The van der Waals surface area contributed by atoms with Gasteiger partial charge in [-0.05, 0) is 30.5 Å². The van der Waals surface area contributed by atoms with Gasteiger partial charge in [-0.2, -0.15) is 0 Å². The van der Waals surface area contributed by atoms with Crippen LogP contribution in [0, 0.1) is 17.0 Å². The van der Waals surface area contributed by atoms with Gasteiger partial charge in [0.05, 0.1) is 32.5 Å². The molecule has 3 aromatic rings. The Morgan fingerprint density at radius 2 is 1.78 bits per heavy atom. The van der Waals surface area contributed by atoms with Crippen LogP contribution in [0.25, 0.3) is 0 Å². The number of halogens is 2. The third-order valence-electron chi connectivity index (χ3n) is 9.47. The lowest BCUT2D eigenvalue weighted by Crippen LogP contribution is -2.68. The number of aromatic nitrogens is 1. The number of ether oxygens (including phenoxy) is 2. The van der Waals surface area contributed by atoms with Crippen molar-refractivity contribution in [2.24, 2.45) is 5.41 Å². The Morgan fingerprint density at radius 3 is 2.59 bits per heavy atom. The number of aromatic hydroxyl groups is 1. The normalized spacial score (nSPS) is 25.9. The van der Waals surface area contributed by atoms with Crippen molar-refractivity contribution in [1.82, 2.24) is 9.58 Å². The number of amides is 1. The van der Waals surface area contributed by atoms with Crippen molar-refractivity contribution in [3.05, 3.63) is 92.9 Å². The maximum atomic E-state index is 15.9. The van der Waals surface area contributed by atoms with Gasteiger partial charge in [0.15, 0.2) is 23.1 Å². The molecule has 0 aliphatic carbocycles. The molecule has 1 N–H and O–H groups in total. The van der Waals surface area contributed by atoms with Crippen LogP contribution in [0.2, 0.25) is 0 Å². The Balaban J connectivity index is 1.44. The Hall–Kier alpha value is -3.96. The monoisotopic (exact) mass is 562 g/mol. The summed E-state index contributed by atoms with van der Waals surface area (Å²) in [6, 6.07) is 10.5. The zero-order valence-corrected chi connectivity index (χ0v) is 22.1. The first-order valence-electron chi connectivity index (χ1n) is 13.9. The summed E-state index contributed by atoms with van der Waals surface area (Å²) < 4.78 is 43.8. The number of benzene rings is 2. The van der Waals surface area contributed by atoms with E-state index >= 15 is 4.39 Å². The molecule has 1 spiro atoms. The predicted molar refractivity (Wildman–Crippen MR) is 143 cm³/mol. The molecule has 0 bridgehead atoms. The smallest absolute Gasteiger partial charge is 0.278 e. The van der Waals surface area contributed by atoms with E-state index in [-0.39, 0.29) is 23.3 Å². The second-order valence-corrected chi connectivity index (χ2v) is 11.6. The molecule has 0 saturated carbocycles. The molecule has 5 aliphatic heterocycles. The van der Waals surface area contributed by atoms with Crippen molar-refractivity contribution in [2.75, 3.05) is 49.4 Å². The highest BCUT2D eigenvalue weighted by Crippen LogP contribution is 2.50. The van der Waals surface area contributed by atoms with E-state index in [1.54, 1.807) is 15.6 Å². The first-order valence-corrected chi connectivity index (χ1v) is 13.9. The predicted octanol–water partition coefficient (Wildman–Crippen LogP) is 3.04. The van der Waals surface area contributed by atoms with Crippen LogP contribution in [0.15, 0.2) is 53.5 Å². The highest BCUT2D eigenvalue weighted by Gasteiger charge is 2.54. The fourth-order valence-corrected chi connectivity index (χ4v) is 7.44. The highest BCUT2D eigenvalue weighted by atomic mass is 19.2. The van der Waals surface area contributed by atoms with Crippen molar-refractivity contribution in [3.63, 3.8) is 0 Å². The van der Waals surface area contributed by atoms with Crippen LogP contribution >= 0.6 is 0 Å². The third kappa shape index (κ3) is 3.39. The average molecular weight is 563 g/mol. The molecule has 212 valence electrons. The van der Waals surface area contributed by atoms with E-state index in [9.17, 15) is 19.1 Å². The molecule has 1 unspecified atom stereocenters. The van der Waals surface area contributed by atoms with E-state index < -0.39 is 47.0 Å². The van der Waals surface area contributed by atoms with Crippen LogP contribution < -0.4 is 15.3 Å². The summed E-state index contributed by atoms with van der Waals surface area (Å²) in [6.07, 6.45) is 2.30. The van der Waals surface area contributed by atoms with E-state index in [1.807, 2.05) is 29.3 Å². The SMILES string of the molecule is O=C1c2c(O)c(=O)ccn2N([C@@H]2c3ccccc3N3CCOCC3c3c2ccc(F)c3F)[C@@H]2CC3(CCN12)COC3. The molecule has 9 nitrogen and oxygen atoms in total. The quantitative estimate of drug-likeness (QED) is 0.488. The van der Waals surface area contributed by atoms with E-state index in [2.05, 4.69) is 4.90 Å². The molecule has 8 rings (SSSR count). The Kier molecular flexibility index (Phi) is 5.30. The molecule has 41 heavy (non-hydrogen) atoms. The average Bonchev–Trinajstić information content (AvgIpc) is 3.09. The maximum absolute atomic E-state index is 15.9. The first-order chi connectivity index (χ1) is 19.9. The lowest BCUT2D eigenvalue weighted by molar-refractivity contribution is -0.150. The number of carbonyl (C=O) groups excluding carboxylic acids is 1. The van der Waals surface area contributed by atoms with Crippen LogP contribution in [-0.4, -0.2) is 66.3 Å². The molecule has 1 amide bonds. The minimum absolute atomic E-state index is 0.120. The minimum atomic E-state index is -0.945. The Bertz CT molecular complexity index is 1660. The number of nitrogens with zero attached hydrogens (tertiary/aromatic N) is 4. The number of hydrogen-bond donors (Lipinski definition) is 1. The van der Waals surface area contributed by atoms with Gasteiger partial charge in [0.2, 0.25) is 5.43 Å². The number of anilines is 1. The molecule has 0 radical (unpaired) electrons. The molecule has 2 aromatic carbocycles. The molecule has 6 heterocycles. The summed E-state index contributed by atoms with van der Waals surface area (Å²) in [4.78, 5) is 30.2. The van der Waals surface area contributed by atoms with Gasteiger partial charge in [-0.1, -0.05) is 24.3 Å². The zero-order chi connectivity index (χ0) is 28.0. The van der Waals surface area contributed by atoms with Gasteiger partial charge in [-0.3, -0.25) is 19.3 Å². The molecule has 11 heteroatoms. The van der Waals surface area contributed by atoms with Crippen LogP contribution in [-0.2, 0) is 9.47 Å². The number of pyridine rings is 1. The molecular formula is C30H28F2N4O5. The second kappa shape index (κ2) is 8.77. The molecular weight excluding hydrogens is 534 g/mol. The van der Waals surface area contributed by atoms with E-state index in [0.29, 0.717) is 44.9 Å². The Morgan fingerprint density at radius 1 is 0.951 bits per heavy atom. The summed E-state index contributed by atoms with van der Waals surface area (Å²) in [5, 5.41) is 12.9. The number of para-hydroxylation sites is 1. The number of fused-ring (bicyclic) bond motifs is 7. The summed E-state index contributed by atoms with van der Waals surface area (Å²) in [6.45, 7) is 2.68. The molecule has 3 atom stereocenters. The summed E-state index contributed by atoms with van der Waals surface area (Å²) in [5.74, 6) is -2.94. The first kappa shape index (κ1) is 24.8. The van der Waals surface area contributed by atoms with Crippen molar-refractivity contribution in [3.8, 4) is 5.75 Å². The summed E-state index contributed by atoms with van der Waals surface area (Å²) in [7, 11) is 0. The molecule has 3 saturated heterocycles. The van der Waals surface area contributed by atoms with Crippen molar-refractivity contribution < 1.29 is 28.2 Å². The lowest BCUT2D eigenvalue weighted by Gasteiger charge is -2.57. The minimum Gasteiger partial charge on any atom is -0.502 e. The van der Waals surface area contributed by atoms with E-state index in [1.165, 1.54) is 12.3 Å². The van der Waals surface area contributed by atoms with Gasteiger partial charge < -0.3 is 24.4 Å². The molecule has 3 fully saturated rings. The standard InChI is InChI=1S/C30H28F2N4O5/c31-19-6-5-18-24(25(19)32)21-14-40-12-11-33(21)20-4-2-1-3-17(20)26(18)36-23-13-30(15-41-16-30)8-10-34(23)29(39)27-28(38)22(37)7-9-35(27)36/h1-7,9,21,23,26,38H,8,10-16H2/t21?,23-,26-/m1/s1. The van der Waals surface area contributed by atoms with Crippen LogP contribution in [0.3, 0.4) is 0 Å². The Labute approximate surface area is 234 Å². The van der Waals surface area contributed by atoms with Crippen LogP contribution in [0.5, 0.6) is 5.75 Å². The van der Waals surface area contributed by atoms with Crippen LogP contribution in [0.1, 0.15) is 52.1 Å². The van der Waals surface area contributed by atoms with Crippen molar-refractivity contribution >= 4 is 11.6 Å². The van der Waals surface area contributed by atoms with E-state index in [0.717, 1.165) is 23.7 Å². The number of hydrogen-bond acceptors (Lipinski definition) is 7. The van der Waals surface area contributed by atoms with Gasteiger partial charge in [-0.25, -0.2) is 8.78 Å². The topological polar surface area (TPSA) is 87.5 Å². The number of rotatable bonds is 1. The van der Waals surface area contributed by atoms with Gasteiger partial charge in [0.25, 0.3) is 5.91 Å². The number of carbonyl (C=O) groups is 1. The zero-order valence-electron chi connectivity index (χ0n) is 22.1. The van der Waals surface area contributed by atoms with Gasteiger partial charge in [0.1, 0.15) is 12.2 Å². The second-order valence-electron chi connectivity index (χ2n) is 11.6. The fourth-order valence-electron chi connectivity index (χ4n) is 7.44. The van der Waals surface area contributed by atoms with Crippen molar-refractivity contribution in [2.45, 2.75) is 31.1 Å².